The maximum Gasteiger partial charge on any atom is 0.322 e. The quantitative estimate of drug-likeness (QED) is 0.369. The third-order valence-electron chi connectivity index (χ3n) is 5.53. The molecule has 6 heteroatoms. The topological polar surface area (TPSA) is 52.7 Å². The van der Waals surface area contributed by atoms with Gasteiger partial charge in [0.2, 0.25) is 5.91 Å². The Morgan fingerprint density at radius 3 is 2.33 bits per heavy atom. The van der Waals surface area contributed by atoms with Crippen LogP contribution in [0, 0.1) is 0 Å². The highest BCUT2D eigenvalue weighted by molar-refractivity contribution is 7.09. The highest BCUT2D eigenvalue weighted by Gasteiger charge is 2.22. The molecule has 0 aliphatic rings. The van der Waals surface area contributed by atoms with Crippen LogP contribution < -0.4 is 5.32 Å². The van der Waals surface area contributed by atoms with E-state index in [0.29, 0.717) is 19.6 Å². The smallest absolute Gasteiger partial charge is 0.322 e. The molecule has 1 heterocycles. The van der Waals surface area contributed by atoms with Gasteiger partial charge in [0.1, 0.15) is 6.54 Å². The monoisotopic (exact) mass is 463 g/mol. The number of unbranched alkanes of at least 4 members (excludes halogenated alkanes) is 1. The zero-order valence-electron chi connectivity index (χ0n) is 19.5. The van der Waals surface area contributed by atoms with Crippen molar-refractivity contribution in [1.29, 1.82) is 0 Å². The number of benzene rings is 2. The SMILES string of the molecule is CCCCN(CC(=O)N(Cc1ccccc1)Cc1cccs1)C(=O)Nc1ccccc1CC. The molecule has 0 aliphatic heterocycles. The molecule has 2 aromatic carbocycles. The number of nitrogens with zero attached hydrogens (tertiary/aromatic N) is 2. The summed E-state index contributed by atoms with van der Waals surface area (Å²) in [5, 5.41) is 5.05. The maximum absolute atomic E-state index is 13.4. The summed E-state index contributed by atoms with van der Waals surface area (Å²) in [4.78, 5) is 31.2. The fourth-order valence-electron chi connectivity index (χ4n) is 3.64. The van der Waals surface area contributed by atoms with Gasteiger partial charge in [-0.2, -0.15) is 0 Å². The van der Waals surface area contributed by atoms with E-state index in [2.05, 4.69) is 19.2 Å². The number of anilines is 1. The minimum Gasteiger partial charge on any atom is -0.332 e. The Hall–Kier alpha value is -3.12. The summed E-state index contributed by atoms with van der Waals surface area (Å²) >= 11 is 1.64. The first-order chi connectivity index (χ1) is 16.1. The van der Waals surface area contributed by atoms with Gasteiger partial charge in [0, 0.05) is 23.7 Å². The van der Waals surface area contributed by atoms with Gasteiger partial charge in [0.15, 0.2) is 0 Å². The van der Waals surface area contributed by atoms with E-state index in [4.69, 9.17) is 0 Å². The molecule has 0 atom stereocenters. The molecule has 1 N–H and O–H groups in total. The molecule has 0 spiro atoms. The van der Waals surface area contributed by atoms with E-state index < -0.39 is 0 Å². The number of hydrogen-bond acceptors (Lipinski definition) is 3. The Balaban J connectivity index is 1.75. The van der Waals surface area contributed by atoms with Crippen molar-refractivity contribution < 1.29 is 9.59 Å². The van der Waals surface area contributed by atoms with Crippen LogP contribution in [0.3, 0.4) is 0 Å². The molecule has 0 aliphatic carbocycles. The molecule has 0 fully saturated rings. The zero-order chi connectivity index (χ0) is 23.5. The summed E-state index contributed by atoms with van der Waals surface area (Å²) in [6, 6.07) is 21.6. The van der Waals surface area contributed by atoms with Crippen LogP contribution in [0.2, 0.25) is 0 Å². The Kier molecular flexibility index (Phi) is 9.51. The standard InChI is InChI=1S/C27H33N3O2S/c1-3-5-17-29(27(32)28-25-16-10-9-14-23(25)4-2)21-26(31)30(20-24-15-11-18-33-24)19-22-12-7-6-8-13-22/h6-16,18H,3-5,17,19-21H2,1-2H3,(H,28,32). The van der Waals surface area contributed by atoms with E-state index in [1.165, 1.54) is 0 Å². The fraction of sp³-hybridized carbons (Fsp3) is 0.333. The summed E-state index contributed by atoms with van der Waals surface area (Å²) in [7, 11) is 0. The van der Waals surface area contributed by atoms with Crippen LogP contribution in [0.25, 0.3) is 0 Å². The molecule has 0 bridgehead atoms. The molecule has 5 nitrogen and oxygen atoms in total. The van der Waals surface area contributed by atoms with E-state index >= 15 is 0 Å². The molecule has 0 radical (unpaired) electrons. The lowest BCUT2D eigenvalue weighted by Gasteiger charge is -2.28. The Bertz CT molecular complexity index is 1010. The van der Waals surface area contributed by atoms with Crippen molar-refractivity contribution in [2.75, 3.05) is 18.4 Å². The largest absolute Gasteiger partial charge is 0.332 e. The average Bonchev–Trinajstić information content (AvgIpc) is 3.35. The molecule has 0 saturated heterocycles. The molecular formula is C27H33N3O2S. The molecule has 3 rings (SSSR count). The fourth-order valence-corrected chi connectivity index (χ4v) is 4.36. The van der Waals surface area contributed by atoms with Gasteiger partial charge in [-0.3, -0.25) is 4.79 Å². The second-order valence-electron chi connectivity index (χ2n) is 8.03. The molecule has 3 aromatic rings. The predicted molar refractivity (Wildman–Crippen MR) is 136 cm³/mol. The number of nitrogens with one attached hydrogen (secondary N) is 1. The van der Waals surface area contributed by atoms with Crippen LogP contribution in [-0.4, -0.2) is 34.8 Å². The van der Waals surface area contributed by atoms with Gasteiger partial charge in [0.25, 0.3) is 0 Å². The van der Waals surface area contributed by atoms with Gasteiger partial charge < -0.3 is 15.1 Å². The number of hydrogen-bond donors (Lipinski definition) is 1. The average molecular weight is 464 g/mol. The van der Waals surface area contributed by atoms with Gasteiger partial charge in [-0.15, -0.1) is 11.3 Å². The van der Waals surface area contributed by atoms with Crippen LogP contribution in [-0.2, 0) is 24.3 Å². The van der Waals surface area contributed by atoms with Crippen LogP contribution >= 0.6 is 11.3 Å². The van der Waals surface area contributed by atoms with Gasteiger partial charge in [-0.25, -0.2) is 4.79 Å². The van der Waals surface area contributed by atoms with Crippen molar-refractivity contribution in [2.24, 2.45) is 0 Å². The van der Waals surface area contributed by atoms with Crippen LogP contribution in [0.1, 0.15) is 42.7 Å². The minimum atomic E-state index is -0.228. The Morgan fingerprint density at radius 2 is 1.64 bits per heavy atom. The zero-order valence-corrected chi connectivity index (χ0v) is 20.3. The number of aryl methyl sites for hydroxylation is 1. The number of urea groups is 1. The first kappa shape index (κ1) is 24.5. The van der Waals surface area contributed by atoms with E-state index in [1.54, 1.807) is 16.2 Å². The molecule has 174 valence electrons. The lowest BCUT2D eigenvalue weighted by molar-refractivity contribution is -0.133. The first-order valence-electron chi connectivity index (χ1n) is 11.6. The second kappa shape index (κ2) is 12.8. The predicted octanol–water partition coefficient (Wildman–Crippen LogP) is 6.17. The van der Waals surface area contributed by atoms with Crippen molar-refractivity contribution in [3.05, 3.63) is 88.1 Å². The minimum absolute atomic E-state index is 0.0534. The summed E-state index contributed by atoms with van der Waals surface area (Å²) < 4.78 is 0. The van der Waals surface area contributed by atoms with Crippen molar-refractivity contribution in [1.82, 2.24) is 9.80 Å². The van der Waals surface area contributed by atoms with Crippen molar-refractivity contribution >= 4 is 29.0 Å². The number of amides is 3. The Morgan fingerprint density at radius 1 is 0.879 bits per heavy atom. The third kappa shape index (κ3) is 7.46. The summed E-state index contributed by atoms with van der Waals surface area (Å²) in [5.74, 6) is -0.0534. The van der Waals surface area contributed by atoms with Crippen LogP contribution in [0.5, 0.6) is 0 Å². The lowest BCUT2D eigenvalue weighted by atomic mass is 10.1. The van der Waals surface area contributed by atoms with Crippen LogP contribution in [0.4, 0.5) is 10.5 Å². The van der Waals surface area contributed by atoms with Gasteiger partial charge >= 0.3 is 6.03 Å². The number of thiophene rings is 1. The number of carbonyl (C=O) groups excluding carboxylic acids is 2. The molecule has 3 amide bonds. The Labute approximate surface area is 201 Å². The number of rotatable bonds is 11. The van der Waals surface area contributed by atoms with Crippen molar-refractivity contribution in [2.45, 2.75) is 46.2 Å². The van der Waals surface area contributed by atoms with E-state index in [0.717, 1.165) is 41.0 Å². The van der Waals surface area contributed by atoms with E-state index in [1.807, 2.05) is 77.0 Å². The number of carbonyl (C=O) groups is 2. The number of para-hydroxylation sites is 1. The van der Waals surface area contributed by atoms with Crippen LogP contribution in [0.15, 0.2) is 72.1 Å². The normalized spacial score (nSPS) is 10.6. The van der Waals surface area contributed by atoms with Gasteiger partial charge in [-0.1, -0.05) is 74.9 Å². The molecule has 33 heavy (non-hydrogen) atoms. The third-order valence-corrected chi connectivity index (χ3v) is 6.39. The molecule has 0 unspecified atom stereocenters. The second-order valence-corrected chi connectivity index (χ2v) is 9.06. The summed E-state index contributed by atoms with van der Waals surface area (Å²) in [6.45, 7) is 5.80. The van der Waals surface area contributed by atoms with E-state index in [-0.39, 0.29) is 18.5 Å². The van der Waals surface area contributed by atoms with Crippen molar-refractivity contribution in [3.8, 4) is 0 Å². The highest BCUT2D eigenvalue weighted by Crippen LogP contribution is 2.18. The van der Waals surface area contributed by atoms with Gasteiger partial charge in [0.05, 0.1) is 6.54 Å². The molecule has 1 aromatic heterocycles. The first-order valence-corrected chi connectivity index (χ1v) is 12.5. The summed E-state index contributed by atoms with van der Waals surface area (Å²) in [6.07, 6.45) is 2.63. The van der Waals surface area contributed by atoms with Gasteiger partial charge in [-0.05, 0) is 41.5 Å². The maximum atomic E-state index is 13.4. The molecular weight excluding hydrogens is 430 g/mol. The van der Waals surface area contributed by atoms with Crippen molar-refractivity contribution in [3.63, 3.8) is 0 Å². The summed E-state index contributed by atoms with van der Waals surface area (Å²) in [5.41, 5.74) is 2.96. The molecule has 0 saturated carbocycles. The van der Waals surface area contributed by atoms with E-state index in [9.17, 15) is 9.59 Å². The lowest BCUT2D eigenvalue weighted by Crippen LogP contribution is -2.44. The highest BCUT2D eigenvalue weighted by atomic mass is 32.1.